The number of nitrogens with one attached hydrogen (secondary N) is 1. The number of aromatic nitrogens is 4. The second kappa shape index (κ2) is 6.83. The average molecular weight is 462 g/mol. The maximum Gasteiger partial charge on any atom is 0.417 e. The Hall–Kier alpha value is -2.07. The normalized spacial score (nSPS) is 15.6. The zero-order valence-electron chi connectivity index (χ0n) is 13.8. The zero-order chi connectivity index (χ0) is 19.2. The SMILES string of the molecule is FC(F)(F)c1cc2[nH]c(N3CCN(c4ncncc4Cl)CC3)nc2cc1Br. The van der Waals surface area contributed by atoms with Crippen LogP contribution in [0, 0.1) is 0 Å². The molecule has 1 aliphatic heterocycles. The van der Waals surface area contributed by atoms with Gasteiger partial charge in [0.05, 0.1) is 22.8 Å². The summed E-state index contributed by atoms with van der Waals surface area (Å²) in [6.07, 6.45) is -1.44. The van der Waals surface area contributed by atoms with Crippen molar-refractivity contribution in [2.45, 2.75) is 6.18 Å². The first-order chi connectivity index (χ1) is 12.8. The highest BCUT2D eigenvalue weighted by molar-refractivity contribution is 9.10. The van der Waals surface area contributed by atoms with Gasteiger partial charge < -0.3 is 14.8 Å². The molecule has 0 atom stereocenters. The molecule has 1 aliphatic rings. The summed E-state index contributed by atoms with van der Waals surface area (Å²) in [5, 5.41) is 0.485. The number of benzene rings is 1. The summed E-state index contributed by atoms with van der Waals surface area (Å²) in [6.45, 7) is 2.58. The van der Waals surface area contributed by atoms with E-state index in [4.69, 9.17) is 11.6 Å². The fraction of sp³-hybridized carbons (Fsp3) is 0.312. The van der Waals surface area contributed by atoms with E-state index in [9.17, 15) is 13.2 Å². The molecule has 27 heavy (non-hydrogen) atoms. The summed E-state index contributed by atoms with van der Waals surface area (Å²) < 4.78 is 39.2. The molecule has 0 unspecified atom stereocenters. The van der Waals surface area contributed by atoms with Crippen LogP contribution in [0.5, 0.6) is 0 Å². The van der Waals surface area contributed by atoms with Crippen molar-refractivity contribution in [3.8, 4) is 0 Å². The summed E-state index contributed by atoms with van der Waals surface area (Å²) >= 11 is 9.12. The first-order valence-electron chi connectivity index (χ1n) is 8.05. The minimum Gasteiger partial charge on any atom is -0.352 e. The number of fused-ring (bicyclic) bond motifs is 1. The first-order valence-corrected chi connectivity index (χ1v) is 9.22. The van der Waals surface area contributed by atoms with Crippen LogP contribution in [0.15, 0.2) is 29.1 Å². The summed E-state index contributed by atoms with van der Waals surface area (Å²) in [4.78, 5) is 19.6. The van der Waals surface area contributed by atoms with Gasteiger partial charge >= 0.3 is 6.18 Å². The summed E-state index contributed by atoms with van der Waals surface area (Å²) in [5.74, 6) is 1.22. The van der Waals surface area contributed by atoms with E-state index in [0.717, 1.165) is 6.07 Å². The number of piperazine rings is 1. The van der Waals surface area contributed by atoms with Crippen molar-refractivity contribution < 1.29 is 13.2 Å². The van der Waals surface area contributed by atoms with E-state index in [1.807, 2.05) is 9.80 Å². The molecule has 0 bridgehead atoms. The number of anilines is 2. The highest BCUT2D eigenvalue weighted by atomic mass is 79.9. The van der Waals surface area contributed by atoms with Crippen LogP contribution < -0.4 is 9.80 Å². The molecule has 0 spiro atoms. The van der Waals surface area contributed by atoms with E-state index in [2.05, 4.69) is 35.9 Å². The van der Waals surface area contributed by atoms with Crippen molar-refractivity contribution in [3.05, 3.63) is 39.7 Å². The molecule has 4 rings (SSSR count). The molecular formula is C16H13BrClF3N6. The molecule has 0 amide bonds. The molecule has 1 saturated heterocycles. The molecule has 2 aromatic heterocycles. The Bertz CT molecular complexity index is 984. The standard InChI is InChI=1S/C16H13BrClF3N6/c17-10-6-13-12(5-9(10)16(19,20)21)24-15(25-13)27-3-1-26(2-4-27)14-11(18)7-22-8-23-14/h5-8H,1-4H2,(H,24,25). The molecule has 1 aromatic carbocycles. The fourth-order valence-electron chi connectivity index (χ4n) is 3.05. The Balaban J connectivity index is 1.55. The molecule has 3 aromatic rings. The molecule has 3 heterocycles. The predicted octanol–water partition coefficient (Wildman–Crippen LogP) is 4.11. The number of hydrogen-bond donors (Lipinski definition) is 1. The van der Waals surface area contributed by atoms with Crippen LogP contribution in [-0.4, -0.2) is 46.1 Å². The Kier molecular flexibility index (Phi) is 4.63. The van der Waals surface area contributed by atoms with Crippen molar-refractivity contribution in [1.29, 1.82) is 0 Å². The Labute approximate surface area is 165 Å². The van der Waals surface area contributed by atoms with E-state index in [1.165, 1.54) is 12.4 Å². The molecular weight excluding hydrogens is 449 g/mol. The highest BCUT2D eigenvalue weighted by Crippen LogP contribution is 2.37. The van der Waals surface area contributed by atoms with E-state index >= 15 is 0 Å². The van der Waals surface area contributed by atoms with E-state index in [-0.39, 0.29) is 4.47 Å². The quantitative estimate of drug-likeness (QED) is 0.622. The third-order valence-electron chi connectivity index (χ3n) is 4.39. The average Bonchev–Trinajstić information content (AvgIpc) is 3.03. The highest BCUT2D eigenvalue weighted by Gasteiger charge is 2.33. The molecule has 0 aliphatic carbocycles. The number of imidazole rings is 1. The smallest absolute Gasteiger partial charge is 0.352 e. The van der Waals surface area contributed by atoms with Gasteiger partial charge in [0.15, 0.2) is 5.82 Å². The Morgan fingerprint density at radius 1 is 1.11 bits per heavy atom. The van der Waals surface area contributed by atoms with Crippen LogP contribution in [0.4, 0.5) is 24.9 Å². The molecule has 1 fully saturated rings. The maximum absolute atomic E-state index is 13.1. The third-order valence-corrected chi connectivity index (χ3v) is 5.31. The van der Waals surface area contributed by atoms with Crippen LogP contribution in [0.25, 0.3) is 11.0 Å². The fourth-order valence-corrected chi connectivity index (χ4v) is 3.83. The molecule has 6 nitrogen and oxygen atoms in total. The summed E-state index contributed by atoms with van der Waals surface area (Å²) in [6, 6.07) is 2.46. The zero-order valence-corrected chi connectivity index (χ0v) is 16.1. The number of rotatable bonds is 2. The molecule has 142 valence electrons. The number of nitrogens with zero attached hydrogens (tertiary/aromatic N) is 5. The largest absolute Gasteiger partial charge is 0.417 e. The van der Waals surface area contributed by atoms with Gasteiger partial charge in [-0.2, -0.15) is 13.2 Å². The molecule has 0 saturated carbocycles. The van der Waals surface area contributed by atoms with Crippen molar-refractivity contribution in [2.24, 2.45) is 0 Å². The number of hydrogen-bond acceptors (Lipinski definition) is 5. The second-order valence-corrected chi connectivity index (χ2v) is 7.34. The monoisotopic (exact) mass is 460 g/mol. The van der Waals surface area contributed by atoms with Gasteiger partial charge in [-0.05, 0) is 12.1 Å². The summed E-state index contributed by atoms with van der Waals surface area (Å²) in [7, 11) is 0. The topological polar surface area (TPSA) is 60.9 Å². The Morgan fingerprint density at radius 2 is 1.81 bits per heavy atom. The van der Waals surface area contributed by atoms with Gasteiger partial charge in [-0.25, -0.2) is 15.0 Å². The lowest BCUT2D eigenvalue weighted by molar-refractivity contribution is -0.138. The minimum atomic E-state index is -4.43. The van der Waals surface area contributed by atoms with Gasteiger partial charge in [-0.1, -0.05) is 27.5 Å². The van der Waals surface area contributed by atoms with Crippen molar-refractivity contribution in [3.63, 3.8) is 0 Å². The van der Waals surface area contributed by atoms with Gasteiger partial charge in [0.1, 0.15) is 11.3 Å². The lowest BCUT2D eigenvalue weighted by atomic mass is 10.2. The Morgan fingerprint density at radius 3 is 2.48 bits per heavy atom. The first kappa shape index (κ1) is 18.3. The van der Waals surface area contributed by atoms with Crippen LogP contribution in [0.1, 0.15) is 5.56 Å². The number of alkyl halides is 3. The maximum atomic E-state index is 13.1. The van der Waals surface area contributed by atoms with Crippen molar-refractivity contribution >= 4 is 50.3 Å². The molecule has 11 heteroatoms. The predicted molar refractivity (Wildman–Crippen MR) is 100 cm³/mol. The minimum absolute atomic E-state index is 0.0243. The van der Waals surface area contributed by atoms with Crippen molar-refractivity contribution in [1.82, 2.24) is 19.9 Å². The molecule has 0 radical (unpaired) electrons. The lowest BCUT2D eigenvalue weighted by Gasteiger charge is -2.35. The van der Waals surface area contributed by atoms with Gasteiger partial charge in [-0.15, -0.1) is 0 Å². The van der Waals surface area contributed by atoms with Gasteiger partial charge in [0.2, 0.25) is 5.95 Å². The second-order valence-electron chi connectivity index (χ2n) is 6.08. The van der Waals surface area contributed by atoms with E-state index in [1.54, 1.807) is 6.20 Å². The van der Waals surface area contributed by atoms with Crippen LogP contribution in [-0.2, 0) is 6.18 Å². The van der Waals surface area contributed by atoms with E-state index in [0.29, 0.717) is 54.0 Å². The van der Waals surface area contributed by atoms with Crippen LogP contribution in [0.3, 0.4) is 0 Å². The van der Waals surface area contributed by atoms with Crippen LogP contribution in [0.2, 0.25) is 5.02 Å². The van der Waals surface area contributed by atoms with Crippen LogP contribution >= 0.6 is 27.5 Å². The molecule has 1 N–H and O–H groups in total. The number of aromatic amines is 1. The number of halogens is 5. The van der Waals surface area contributed by atoms with Gasteiger partial charge in [-0.3, -0.25) is 0 Å². The lowest BCUT2D eigenvalue weighted by Crippen LogP contribution is -2.47. The van der Waals surface area contributed by atoms with Crippen molar-refractivity contribution in [2.75, 3.05) is 36.0 Å². The van der Waals surface area contributed by atoms with Gasteiger partial charge in [0, 0.05) is 30.7 Å². The van der Waals surface area contributed by atoms with E-state index < -0.39 is 11.7 Å². The van der Waals surface area contributed by atoms with Gasteiger partial charge in [0.25, 0.3) is 0 Å². The number of H-pyrrole nitrogens is 1. The summed E-state index contributed by atoms with van der Waals surface area (Å²) in [5.41, 5.74) is 0.0985. The third kappa shape index (κ3) is 3.55.